The Kier molecular flexibility index (Phi) is 4.33. The molecule has 4 N–H and O–H groups in total. The van der Waals surface area contributed by atoms with Gasteiger partial charge < -0.3 is 16.2 Å². The van der Waals surface area contributed by atoms with Crippen molar-refractivity contribution in [3.63, 3.8) is 0 Å². The van der Waals surface area contributed by atoms with Crippen molar-refractivity contribution in [3.05, 3.63) is 29.8 Å². The predicted molar refractivity (Wildman–Crippen MR) is 70.9 cm³/mol. The summed E-state index contributed by atoms with van der Waals surface area (Å²) in [6.07, 6.45) is 3.59. The largest absolute Gasteiger partial charge is 0.392 e. The molecule has 2 rings (SSSR count). The lowest BCUT2D eigenvalue weighted by Crippen LogP contribution is -2.32. The van der Waals surface area contributed by atoms with E-state index in [1.807, 2.05) is 18.2 Å². The fourth-order valence-electron chi connectivity index (χ4n) is 2.37. The lowest BCUT2D eigenvalue weighted by atomic mass is 9.86. The van der Waals surface area contributed by atoms with Gasteiger partial charge in [-0.05, 0) is 43.4 Å². The molecule has 0 aromatic heterocycles. The predicted octanol–water partition coefficient (Wildman–Crippen LogP) is 1.63. The summed E-state index contributed by atoms with van der Waals surface area (Å²) in [5.74, 6) is 0.138. The minimum Gasteiger partial charge on any atom is -0.392 e. The normalized spacial score (nSPS) is 23.7. The number of hydrogen-bond donors (Lipinski definition) is 3. The van der Waals surface area contributed by atoms with Crippen LogP contribution < -0.4 is 11.1 Å². The van der Waals surface area contributed by atoms with E-state index in [0.717, 1.165) is 36.9 Å². The minimum atomic E-state index is -0.0119. The van der Waals surface area contributed by atoms with Gasteiger partial charge in [-0.25, -0.2) is 0 Å². The maximum absolute atomic E-state index is 12.1. The van der Waals surface area contributed by atoms with Gasteiger partial charge in [-0.15, -0.1) is 0 Å². The van der Waals surface area contributed by atoms with Gasteiger partial charge in [-0.3, -0.25) is 4.79 Å². The molecule has 1 amide bonds. The molecule has 1 aromatic carbocycles. The number of amides is 1. The first kappa shape index (κ1) is 13.1. The SMILES string of the molecule is NC1CCC(C(=O)Nc2cccc(CO)c2)CC1. The quantitative estimate of drug-likeness (QED) is 0.761. The maximum Gasteiger partial charge on any atom is 0.227 e. The van der Waals surface area contributed by atoms with Crippen molar-refractivity contribution in [2.24, 2.45) is 11.7 Å². The summed E-state index contributed by atoms with van der Waals surface area (Å²) in [7, 11) is 0. The molecule has 0 aliphatic heterocycles. The molecule has 0 atom stereocenters. The van der Waals surface area contributed by atoms with Crippen LogP contribution in [0.4, 0.5) is 5.69 Å². The molecular weight excluding hydrogens is 228 g/mol. The van der Waals surface area contributed by atoms with E-state index >= 15 is 0 Å². The van der Waals surface area contributed by atoms with Crippen LogP contribution >= 0.6 is 0 Å². The monoisotopic (exact) mass is 248 g/mol. The molecule has 0 unspecified atom stereocenters. The van der Waals surface area contributed by atoms with E-state index in [1.54, 1.807) is 6.07 Å². The number of carbonyl (C=O) groups is 1. The molecule has 18 heavy (non-hydrogen) atoms. The summed E-state index contributed by atoms with van der Waals surface area (Å²) in [5, 5.41) is 12.0. The topological polar surface area (TPSA) is 75.4 Å². The van der Waals surface area contributed by atoms with Gasteiger partial charge in [0.25, 0.3) is 0 Å². The number of nitrogens with two attached hydrogens (primary N) is 1. The molecular formula is C14H20N2O2. The summed E-state index contributed by atoms with van der Waals surface area (Å²) in [4.78, 5) is 12.1. The molecule has 4 heteroatoms. The zero-order valence-electron chi connectivity index (χ0n) is 10.4. The van der Waals surface area contributed by atoms with E-state index < -0.39 is 0 Å². The van der Waals surface area contributed by atoms with Crippen molar-refractivity contribution < 1.29 is 9.90 Å². The Bertz CT molecular complexity index is 412. The summed E-state index contributed by atoms with van der Waals surface area (Å²) in [6.45, 7) is -0.0119. The molecule has 1 aliphatic rings. The van der Waals surface area contributed by atoms with Crippen molar-refractivity contribution in [1.82, 2.24) is 0 Å². The average molecular weight is 248 g/mol. The molecule has 1 fully saturated rings. The first-order valence-corrected chi connectivity index (χ1v) is 6.45. The van der Waals surface area contributed by atoms with Crippen LogP contribution in [0, 0.1) is 5.92 Å². The van der Waals surface area contributed by atoms with E-state index in [2.05, 4.69) is 5.32 Å². The highest BCUT2D eigenvalue weighted by Crippen LogP contribution is 2.24. The van der Waals surface area contributed by atoms with E-state index in [4.69, 9.17) is 10.8 Å². The van der Waals surface area contributed by atoms with Crippen molar-refractivity contribution in [2.45, 2.75) is 38.3 Å². The molecule has 1 aromatic rings. The van der Waals surface area contributed by atoms with Crippen LogP contribution in [0.15, 0.2) is 24.3 Å². The lowest BCUT2D eigenvalue weighted by Gasteiger charge is -2.25. The van der Waals surface area contributed by atoms with Gasteiger partial charge in [0.05, 0.1) is 6.61 Å². The third-order valence-electron chi connectivity index (χ3n) is 3.52. The van der Waals surface area contributed by atoms with Crippen LogP contribution in [0.1, 0.15) is 31.2 Å². The Balaban J connectivity index is 1.94. The Morgan fingerprint density at radius 2 is 2.06 bits per heavy atom. The number of aliphatic hydroxyl groups is 1. The third-order valence-corrected chi connectivity index (χ3v) is 3.52. The number of nitrogens with one attached hydrogen (secondary N) is 1. The highest BCUT2D eigenvalue weighted by atomic mass is 16.3. The Morgan fingerprint density at radius 3 is 2.72 bits per heavy atom. The third kappa shape index (κ3) is 3.31. The van der Waals surface area contributed by atoms with Gasteiger partial charge in [0, 0.05) is 17.6 Å². The highest BCUT2D eigenvalue weighted by Gasteiger charge is 2.24. The zero-order chi connectivity index (χ0) is 13.0. The van der Waals surface area contributed by atoms with Crippen molar-refractivity contribution in [1.29, 1.82) is 0 Å². The molecule has 0 bridgehead atoms. The van der Waals surface area contributed by atoms with Crippen LogP contribution in [0.3, 0.4) is 0 Å². The molecule has 1 aliphatic carbocycles. The molecule has 0 radical (unpaired) electrons. The van der Waals surface area contributed by atoms with E-state index in [9.17, 15) is 4.79 Å². The standard InChI is InChI=1S/C14H20N2O2/c15-12-6-4-11(5-7-12)14(18)16-13-3-1-2-10(8-13)9-17/h1-3,8,11-12,17H,4-7,9,15H2,(H,16,18). The van der Waals surface area contributed by atoms with Crippen LogP contribution in [0.25, 0.3) is 0 Å². The van der Waals surface area contributed by atoms with Gasteiger partial charge in [-0.1, -0.05) is 12.1 Å². The van der Waals surface area contributed by atoms with E-state index in [1.165, 1.54) is 0 Å². The Morgan fingerprint density at radius 1 is 1.33 bits per heavy atom. The van der Waals surface area contributed by atoms with Gasteiger partial charge >= 0.3 is 0 Å². The fraction of sp³-hybridized carbons (Fsp3) is 0.500. The molecule has 4 nitrogen and oxygen atoms in total. The molecule has 0 saturated heterocycles. The second kappa shape index (κ2) is 5.98. The number of carbonyl (C=O) groups excluding carboxylic acids is 1. The number of benzene rings is 1. The molecule has 0 heterocycles. The summed E-state index contributed by atoms with van der Waals surface area (Å²) in [6, 6.07) is 7.55. The number of rotatable bonds is 3. The second-order valence-electron chi connectivity index (χ2n) is 4.96. The maximum atomic E-state index is 12.1. The van der Waals surface area contributed by atoms with Gasteiger partial charge in [0.1, 0.15) is 0 Å². The van der Waals surface area contributed by atoms with Gasteiger partial charge in [-0.2, -0.15) is 0 Å². The molecule has 98 valence electrons. The fourth-order valence-corrected chi connectivity index (χ4v) is 2.37. The van der Waals surface area contributed by atoms with Crippen molar-refractivity contribution in [2.75, 3.05) is 5.32 Å². The van der Waals surface area contributed by atoms with Crippen LogP contribution in [-0.2, 0) is 11.4 Å². The first-order chi connectivity index (χ1) is 8.69. The Labute approximate surface area is 107 Å². The Hall–Kier alpha value is -1.39. The second-order valence-corrected chi connectivity index (χ2v) is 4.96. The minimum absolute atomic E-state index is 0.0119. The van der Waals surface area contributed by atoms with Crippen LogP contribution in [0.5, 0.6) is 0 Å². The molecule has 0 spiro atoms. The lowest BCUT2D eigenvalue weighted by molar-refractivity contribution is -0.120. The van der Waals surface area contributed by atoms with Gasteiger partial charge in [0.15, 0.2) is 0 Å². The highest BCUT2D eigenvalue weighted by molar-refractivity contribution is 5.92. The van der Waals surface area contributed by atoms with Crippen molar-refractivity contribution in [3.8, 4) is 0 Å². The smallest absolute Gasteiger partial charge is 0.227 e. The molecule has 1 saturated carbocycles. The van der Waals surface area contributed by atoms with E-state index in [0.29, 0.717) is 0 Å². The van der Waals surface area contributed by atoms with Gasteiger partial charge in [0.2, 0.25) is 5.91 Å². The van der Waals surface area contributed by atoms with Crippen LogP contribution in [-0.4, -0.2) is 17.1 Å². The summed E-state index contributed by atoms with van der Waals surface area (Å²) in [5.41, 5.74) is 7.38. The number of hydrogen-bond acceptors (Lipinski definition) is 3. The van der Waals surface area contributed by atoms with Crippen LogP contribution in [0.2, 0.25) is 0 Å². The average Bonchev–Trinajstić information content (AvgIpc) is 2.39. The first-order valence-electron chi connectivity index (χ1n) is 6.45. The van der Waals surface area contributed by atoms with E-state index in [-0.39, 0.29) is 24.5 Å². The summed E-state index contributed by atoms with van der Waals surface area (Å²) < 4.78 is 0. The number of aliphatic hydroxyl groups excluding tert-OH is 1. The zero-order valence-corrected chi connectivity index (χ0v) is 10.4. The summed E-state index contributed by atoms with van der Waals surface area (Å²) >= 11 is 0. The van der Waals surface area contributed by atoms with Crippen molar-refractivity contribution >= 4 is 11.6 Å². The number of anilines is 1.